The van der Waals surface area contributed by atoms with Crippen molar-refractivity contribution in [1.82, 2.24) is 19.5 Å². The monoisotopic (exact) mass is 439 g/mol. The van der Waals surface area contributed by atoms with Crippen LogP contribution >= 0.6 is 11.6 Å². The van der Waals surface area contributed by atoms with Crippen molar-refractivity contribution in [2.24, 2.45) is 5.73 Å². The van der Waals surface area contributed by atoms with Gasteiger partial charge in [-0.3, -0.25) is 0 Å². The standard InChI is InChI=1S/C23H30ClN7/c24-16-7-5-15(6-8-16)13-26-21-20-22(31(14-27-20)19-3-1-2-4-19)30-23(29-21)28-18-11-9-17(25)10-12-18/h5-8,14,17-19H,1-4,9-13,25H2,(H2,26,28,29,30)/t17-,18-. The molecule has 2 heterocycles. The Morgan fingerprint density at radius 1 is 1.00 bits per heavy atom. The summed E-state index contributed by atoms with van der Waals surface area (Å²) in [4.78, 5) is 14.4. The fraction of sp³-hybridized carbons (Fsp3) is 0.522. The molecule has 2 aliphatic rings. The summed E-state index contributed by atoms with van der Waals surface area (Å²) in [6.07, 6.45) is 11.0. The van der Waals surface area contributed by atoms with Crippen LogP contribution < -0.4 is 16.4 Å². The molecule has 0 bridgehead atoms. The molecule has 3 aromatic rings. The zero-order valence-electron chi connectivity index (χ0n) is 17.7. The van der Waals surface area contributed by atoms with Gasteiger partial charge < -0.3 is 20.9 Å². The first-order valence-electron chi connectivity index (χ1n) is 11.4. The van der Waals surface area contributed by atoms with Gasteiger partial charge in [-0.05, 0) is 56.2 Å². The maximum absolute atomic E-state index is 6.08. The number of fused-ring (bicyclic) bond motifs is 1. The Morgan fingerprint density at radius 2 is 1.74 bits per heavy atom. The van der Waals surface area contributed by atoms with E-state index in [2.05, 4.69) is 15.2 Å². The summed E-state index contributed by atoms with van der Waals surface area (Å²) in [6, 6.07) is 9.02. The second kappa shape index (κ2) is 9.01. The number of hydrogen-bond donors (Lipinski definition) is 3. The number of rotatable bonds is 6. The molecular weight excluding hydrogens is 410 g/mol. The Hall–Kier alpha value is -2.38. The minimum absolute atomic E-state index is 0.321. The molecule has 31 heavy (non-hydrogen) atoms. The van der Waals surface area contributed by atoms with Crippen LogP contribution in [0.4, 0.5) is 11.8 Å². The Morgan fingerprint density at radius 3 is 2.48 bits per heavy atom. The molecule has 8 heteroatoms. The number of hydrogen-bond acceptors (Lipinski definition) is 6. The van der Waals surface area contributed by atoms with Crippen LogP contribution in [0.5, 0.6) is 0 Å². The van der Waals surface area contributed by atoms with Gasteiger partial charge in [-0.1, -0.05) is 36.6 Å². The van der Waals surface area contributed by atoms with E-state index in [0.717, 1.165) is 53.3 Å². The summed E-state index contributed by atoms with van der Waals surface area (Å²) in [5.41, 5.74) is 8.96. The molecule has 0 radical (unpaired) electrons. The first-order chi connectivity index (χ1) is 15.2. The van der Waals surface area contributed by atoms with Gasteiger partial charge in [0.25, 0.3) is 0 Å². The molecule has 0 amide bonds. The molecule has 5 rings (SSSR count). The number of anilines is 2. The van der Waals surface area contributed by atoms with Crippen molar-refractivity contribution in [2.75, 3.05) is 10.6 Å². The highest BCUT2D eigenvalue weighted by atomic mass is 35.5. The maximum Gasteiger partial charge on any atom is 0.227 e. The van der Waals surface area contributed by atoms with Crippen LogP contribution in [0.1, 0.15) is 63.0 Å². The normalized spacial score (nSPS) is 22.1. The Bertz CT molecular complexity index is 1020. The van der Waals surface area contributed by atoms with E-state index >= 15 is 0 Å². The van der Waals surface area contributed by atoms with Crippen molar-refractivity contribution < 1.29 is 0 Å². The summed E-state index contributed by atoms with van der Waals surface area (Å²) in [5.74, 6) is 1.44. The Balaban J connectivity index is 1.44. The number of nitrogens with two attached hydrogens (primary N) is 1. The summed E-state index contributed by atoms with van der Waals surface area (Å²) in [5, 5.41) is 7.79. The zero-order chi connectivity index (χ0) is 21.2. The maximum atomic E-state index is 6.08. The Kier molecular flexibility index (Phi) is 5.96. The lowest BCUT2D eigenvalue weighted by Gasteiger charge is -2.27. The molecular formula is C23H30ClN7. The van der Waals surface area contributed by atoms with Crippen LogP contribution in [0.2, 0.25) is 5.02 Å². The van der Waals surface area contributed by atoms with Crippen LogP contribution in [-0.2, 0) is 6.54 Å². The number of imidazole rings is 1. The van der Waals surface area contributed by atoms with E-state index in [-0.39, 0.29) is 0 Å². The van der Waals surface area contributed by atoms with Crippen molar-refractivity contribution in [3.8, 4) is 0 Å². The predicted molar refractivity (Wildman–Crippen MR) is 125 cm³/mol. The van der Waals surface area contributed by atoms with Gasteiger partial charge in [-0.25, -0.2) is 4.98 Å². The molecule has 2 fully saturated rings. The third kappa shape index (κ3) is 4.62. The second-order valence-corrected chi connectivity index (χ2v) is 9.33. The highest BCUT2D eigenvalue weighted by molar-refractivity contribution is 6.30. The van der Waals surface area contributed by atoms with Gasteiger partial charge in [0.05, 0.1) is 6.33 Å². The van der Waals surface area contributed by atoms with Crippen molar-refractivity contribution in [1.29, 1.82) is 0 Å². The summed E-state index contributed by atoms with van der Waals surface area (Å²) >= 11 is 6.02. The van der Waals surface area contributed by atoms with E-state index in [9.17, 15) is 0 Å². The fourth-order valence-corrected chi connectivity index (χ4v) is 4.91. The third-order valence-corrected chi connectivity index (χ3v) is 6.87. The first kappa shape index (κ1) is 20.5. The number of nitrogens with one attached hydrogen (secondary N) is 2. The van der Waals surface area contributed by atoms with E-state index in [0.29, 0.717) is 30.6 Å². The van der Waals surface area contributed by atoms with Crippen molar-refractivity contribution in [3.63, 3.8) is 0 Å². The SMILES string of the molecule is N[C@H]1CC[C@H](Nc2nc(NCc3ccc(Cl)cc3)c3ncn(C4CCCC4)c3n2)CC1. The molecule has 0 atom stereocenters. The van der Waals surface area contributed by atoms with E-state index in [1.54, 1.807) is 0 Å². The fourth-order valence-electron chi connectivity index (χ4n) is 4.79. The Labute approximate surface area is 187 Å². The highest BCUT2D eigenvalue weighted by Gasteiger charge is 2.23. The summed E-state index contributed by atoms with van der Waals surface area (Å²) in [6.45, 7) is 0.650. The lowest BCUT2D eigenvalue weighted by Crippen LogP contribution is -2.33. The number of halogens is 1. The van der Waals surface area contributed by atoms with Crippen molar-refractivity contribution >= 4 is 34.5 Å². The van der Waals surface area contributed by atoms with Crippen LogP contribution in [-0.4, -0.2) is 31.6 Å². The number of benzene rings is 1. The highest BCUT2D eigenvalue weighted by Crippen LogP contribution is 2.33. The largest absolute Gasteiger partial charge is 0.364 e. The molecule has 0 saturated heterocycles. The molecule has 1 aromatic carbocycles. The van der Waals surface area contributed by atoms with Gasteiger partial charge in [0.2, 0.25) is 5.95 Å². The van der Waals surface area contributed by atoms with Gasteiger partial charge in [-0.15, -0.1) is 0 Å². The van der Waals surface area contributed by atoms with E-state index < -0.39 is 0 Å². The molecule has 2 aliphatic carbocycles. The van der Waals surface area contributed by atoms with E-state index in [1.807, 2.05) is 30.6 Å². The van der Waals surface area contributed by atoms with Crippen LogP contribution in [0.25, 0.3) is 11.2 Å². The topological polar surface area (TPSA) is 93.7 Å². The van der Waals surface area contributed by atoms with Crippen LogP contribution in [0.15, 0.2) is 30.6 Å². The number of nitrogens with zero attached hydrogens (tertiary/aromatic N) is 4. The molecule has 7 nitrogen and oxygen atoms in total. The van der Waals surface area contributed by atoms with Crippen LogP contribution in [0.3, 0.4) is 0 Å². The zero-order valence-corrected chi connectivity index (χ0v) is 18.5. The van der Waals surface area contributed by atoms with Gasteiger partial charge >= 0.3 is 0 Å². The minimum Gasteiger partial charge on any atom is -0.364 e. The average molecular weight is 440 g/mol. The first-order valence-corrected chi connectivity index (χ1v) is 11.8. The van der Waals surface area contributed by atoms with Crippen molar-refractivity contribution in [3.05, 3.63) is 41.2 Å². The van der Waals surface area contributed by atoms with Gasteiger partial charge in [0, 0.05) is 29.7 Å². The molecule has 0 aliphatic heterocycles. The predicted octanol–water partition coefficient (Wildman–Crippen LogP) is 4.89. The summed E-state index contributed by atoms with van der Waals surface area (Å²) < 4.78 is 2.25. The molecule has 2 saturated carbocycles. The van der Waals surface area contributed by atoms with Crippen molar-refractivity contribution in [2.45, 2.75) is 76.0 Å². The average Bonchev–Trinajstić information content (AvgIpc) is 3.44. The van der Waals surface area contributed by atoms with Gasteiger partial charge in [0.1, 0.15) is 0 Å². The lowest BCUT2D eigenvalue weighted by molar-refractivity contribution is 0.410. The third-order valence-electron chi connectivity index (χ3n) is 6.62. The summed E-state index contributed by atoms with van der Waals surface area (Å²) in [7, 11) is 0. The second-order valence-electron chi connectivity index (χ2n) is 8.89. The molecule has 4 N–H and O–H groups in total. The molecule has 0 spiro atoms. The molecule has 0 unspecified atom stereocenters. The van der Waals surface area contributed by atoms with Gasteiger partial charge in [-0.2, -0.15) is 9.97 Å². The smallest absolute Gasteiger partial charge is 0.227 e. The molecule has 2 aromatic heterocycles. The van der Waals surface area contributed by atoms with E-state index in [1.165, 1.54) is 25.7 Å². The molecule has 164 valence electrons. The minimum atomic E-state index is 0.321. The van der Waals surface area contributed by atoms with Crippen LogP contribution in [0, 0.1) is 0 Å². The van der Waals surface area contributed by atoms with E-state index in [4.69, 9.17) is 32.3 Å². The van der Waals surface area contributed by atoms with Gasteiger partial charge in [0.15, 0.2) is 17.0 Å². The quantitative estimate of drug-likeness (QED) is 0.506. The lowest BCUT2D eigenvalue weighted by atomic mass is 9.92. The number of aromatic nitrogens is 4.